The van der Waals surface area contributed by atoms with Gasteiger partial charge in [0.2, 0.25) is 5.91 Å². The molecule has 1 aromatic heterocycles. The lowest BCUT2D eigenvalue weighted by Gasteiger charge is -2.15. The Balaban J connectivity index is 1.82. The number of rotatable bonds is 7. The molecule has 3 rings (SSSR count). The Morgan fingerprint density at radius 3 is 2.68 bits per heavy atom. The number of fused-ring (bicyclic) bond motifs is 1. The van der Waals surface area contributed by atoms with Crippen LogP contribution >= 0.6 is 0 Å². The van der Waals surface area contributed by atoms with Gasteiger partial charge in [-0.25, -0.2) is 4.98 Å². The topological polar surface area (TPSA) is 46.9 Å². The summed E-state index contributed by atoms with van der Waals surface area (Å²) >= 11 is 0. The van der Waals surface area contributed by atoms with E-state index in [2.05, 4.69) is 46.8 Å². The van der Waals surface area contributed by atoms with Gasteiger partial charge in [0.05, 0.1) is 17.1 Å². The van der Waals surface area contributed by atoms with Crippen molar-refractivity contribution in [2.24, 2.45) is 0 Å². The molecule has 3 aromatic rings. The normalized spacial score (nSPS) is 12.0. The molecule has 0 aliphatic heterocycles. The summed E-state index contributed by atoms with van der Waals surface area (Å²) in [6, 6.07) is 18.4. The highest BCUT2D eigenvalue weighted by molar-refractivity contribution is 5.87. The third kappa shape index (κ3) is 3.97. The van der Waals surface area contributed by atoms with Crippen LogP contribution < -0.4 is 5.32 Å². The molecule has 25 heavy (non-hydrogen) atoms. The molecule has 1 heterocycles. The van der Waals surface area contributed by atoms with Crippen LogP contribution in [0.25, 0.3) is 11.0 Å². The zero-order chi connectivity index (χ0) is 17.6. The standard InChI is InChI=1S/C21H23N3O/c1-3-20(25)22-16(2)21-23-18-13-7-8-14-19(18)24(21)15-9-12-17-10-5-4-6-11-17/h3-8,10-11,13-14,16H,1,9,12,15H2,2H3,(H,22,25). The number of nitrogens with one attached hydrogen (secondary N) is 1. The first-order valence-electron chi connectivity index (χ1n) is 8.61. The summed E-state index contributed by atoms with van der Waals surface area (Å²) in [7, 11) is 0. The minimum Gasteiger partial charge on any atom is -0.343 e. The maximum absolute atomic E-state index is 11.7. The summed E-state index contributed by atoms with van der Waals surface area (Å²) in [6.07, 6.45) is 3.32. The number of carbonyl (C=O) groups excluding carboxylic acids is 1. The van der Waals surface area contributed by atoms with Gasteiger partial charge in [-0.15, -0.1) is 0 Å². The monoisotopic (exact) mass is 333 g/mol. The first-order chi connectivity index (χ1) is 12.2. The Kier molecular flexibility index (Phi) is 5.29. The molecule has 0 fully saturated rings. The number of carbonyl (C=O) groups is 1. The molecule has 2 aromatic carbocycles. The fourth-order valence-electron chi connectivity index (χ4n) is 3.08. The second-order valence-electron chi connectivity index (χ2n) is 6.13. The highest BCUT2D eigenvalue weighted by Crippen LogP contribution is 2.21. The third-order valence-corrected chi connectivity index (χ3v) is 4.31. The van der Waals surface area contributed by atoms with Gasteiger partial charge in [-0.2, -0.15) is 0 Å². The van der Waals surface area contributed by atoms with Gasteiger partial charge in [0.1, 0.15) is 5.82 Å². The van der Waals surface area contributed by atoms with E-state index in [0.29, 0.717) is 0 Å². The fourth-order valence-corrected chi connectivity index (χ4v) is 3.08. The quantitative estimate of drug-likeness (QED) is 0.664. The van der Waals surface area contributed by atoms with Gasteiger partial charge in [0.25, 0.3) is 0 Å². The Labute approximate surface area is 148 Å². The Hall–Kier alpha value is -2.88. The van der Waals surface area contributed by atoms with E-state index in [9.17, 15) is 4.79 Å². The zero-order valence-electron chi connectivity index (χ0n) is 14.5. The van der Waals surface area contributed by atoms with Crippen molar-refractivity contribution in [3.8, 4) is 0 Å². The molecule has 0 bridgehead atoms. The number of hydrogen-bond acceptors (Lipinski definition) is 2. The molecule has 0 aliphatic carbocycles. The van der Waals surface area contributed by atoms with Crippen LogP contribution in [0.3, 0.4) is 0 Å². The van der Waals surface area contributed by atoms with Crippen molar-refractivity contribution in [1.82, 2.24) is 14.9 Å². The van der Waals surface area contributed by atoms with Gasteiger partial charge in [-0.1, -0.05) is 49.0 Å². The van der Waals surface area contributed by atoms with E-state index in [0.717, 1.165) is 36.2 Å². The van der Waals surface area contributed by atoms with Crippen LogP contribution in [0.4, 0.5) is 0 Å². The molecule has 1 amide bonds. The highest BCUT2D eigenvalue weighted by Gasteiger charge is 2.17. The van der Waals surface area contributed by atoms with Crippen LogP contribution in [0.2, 0.25) is 0 Å². The van der Waals surface area contributed by atoms with Crippen molar-refractivity contribution in [3.05, 3.63) is 78.6 Å². The average molecular weight is 333 g/mol. The SMILES string of the molecule is C=CC(=O)NC(C)c1nc2ccccc2n1CCCc1ccccc1. The smallest absolute Gasteiger partial charge is 0.243 e. The van der Waals surface area contributed by atoms with Gasteiger partial charge in [0, 0.05) is 6.54 Å². The maximum Gasteiger partial charge on any atom is 0.243 e. The van der Waals surface area contributed by atoms with Gasteiger partial charge < -0.3 is 9.88 Å². The number of aryl methyl sites for hydroxylation is 2. The fraction of sp³-hybridized carbons (Fsp3) is 0.238. The van der Waals surface area contributed by atoms with E-state index >= 15 is 0 Å². The van der Waals surface area contributed by atoms with E-state index < -0.39 is 0 Å². The Bertz CT molecular complexity index is 867. The van der Waals surface area contributed by atoms with Crippen molar-refractivity contribution in [2.45, 2.75) is 32.4 Å². The summed E-state index contributed by atoms with van der Waals surface area (Å²) in [5.41, 5.74) is 3.39. The molecule has 0 saturated heterocycles. The molecule has 128 valence electrons. The van der Waals surface area contributed by atoms with Crippen molar-refractivity contribution in [2.75, 3.05) is 0 Å². The predicted octanol–water partition coefficient (Wildman–Crippen LogP) is 4.03. The van der Waals surface area contributed by atoms with E-state index in [1.54, 1.807) is 0 Å². The lowest BCUT2D eigenvalue weighted by molar-refractivity contribution is -0.117. The number of para-hydroxylation sites is 2. The second kappa shape index (κ2) is 7.79. The first-order valence-corrected chi connectivity index (χ1v) is 8.61. The summed E-state index contributed by atoms with van der Waals surface area (Å²) in [5, 5.41) is 2.91. The van der Waals surface area contributed by atoms with E-state index in [4.69, 9.17) is 4.98 Å². The Morgan fingerprint density at radius 1 is 1.20 bits per heavy atom. The van der Waals surface area contributed by atoms with Crippen molar-refractivity contribution in [1.29, 1.82) is 0 Å². The van der Waals surface area contributed by atoms with Crippen LogP contribution in [0.15, 0.2) is 67.3 Å². The number of nitrogens with zero attached hydrogens (tertiary/aromatic N) is 2. The van der Waals surface area contributed by atoms with Gasteiger partial charge in [0.15, 0.2) is 0 Å². The molecule has 1 unspecified atom stereocenters. The largest absolute Gasteiger partial charge is 0.343 e. The zero-order valence-corrected chi connectivity index (χ0v) is 14.5. The molecule has 1 N–H and O–H groups in total. The van der Waals surface area contributed by atoms with Gasteiger partial charge >= 0.3 is 0 Å². The summed E-state index contributed by atoms with van der Waals surface area (Å²) in [4.78, 5) is 16.4. The van der Waals surface area contributed by atoms with Crippen molar-refractivity contribution in [3.63, 3.8) is 0 Å². The van der Waals surface area contributed by atoms with Crippen LogP contribution in [0.1, 0.15) is 30.8 Å². The molecule has 4 heteroatoms. The minimum atomic E-state index is -0.185. The number of amides is 1. The molecule has 4 nitrogen and oxygen atoms in total. The summed E-state index contributed by atoms with van der Waals surface area (Å²) < 4.78 is 2.21. The van der Waals surface area contributed by atoms with Gasteiger partial charge in [-0.3, -0.25) is 4.79 Å². The molecule has 0 saturated carbocycles. The first kappa shape index (κ1) is 17.0. The lowest BCUT2D eigenvalue weighted by Crippen LogP contribution is -2.27. The lowest BCUT2D eigenvalue weighted by atomic mass is 10.1. The van der Waals surface area contributed by atoms with E-state index in [1.165, 1.54) is 11.6 Å². The Morgan fingerprint density at radius 2 is 1.92 bits per heavy atom. The van der Waals surface area contributed by atoms with E-state index in [1.807, 2.05) is 31.2 Å². The molecule has 0 spiro atoms. The third-order valence-electron chi connectivity index (χ3n) is 4.31. The van der Waals surface area contributed by atoms with Crippen LogP contribution in [-0.4, -0.2) is 15.5 Å². The highest BCUT2D eigenvalue weighted by atomic mass is 16.1. The van der Waals surface area contributed by atoms with Crippen molar-refractivity contribution >= 4 is 16.9 Å². The van der Waals surface area contributed by atoms with Crippen LogP contribution in [0.5, 0.6) is 0 Å². The van der Waals surface area contributed by atoms with Crippen LogP contribution in [0, 0.1) is 0 Å². The molecular weight excluding hydrogens is 310 g/mol. The summed E-state index contributed by atoms with van der Waals surface area (Å²) in [5.74, 6) is 0.694. The number of aromatic nitrogens is 2. The molecule has 0 radical (unpaired) electrons. The number of hydrogen-bond donors (Lipinski definition) is 1. The average Bonchev–Trinajstić information content (AvgIpc) is 3.01. The number of imidazole rings is 1. The summed E-state index contributed by atoms with van der Waals surface area (Å²) in [6.45, 7) is 6.33. The predicted molar refractivity (Wildman–Crippen MR) is 101 cm³/mol. The second-order valence-corrected chi connectivity index (χ2v) is 6.13. The van der Waals surface area contributed by atoms with Crippen molar-refractivity contribution < 1.29 is 4.79 Å². The van der Waals surface area contributed by atoms with Crippen LogP contribution in [-0.2, 0) is 17.8 Å². The van der Waals surface area contributed by atoms with E-state index in [-0.39, 0.29) is 11.9 Å². The molecular formula is C21H23N3O. The minimum absolute atomic E-state index is 0.172. The molecule has 0 aliphatic rings. The maximum atomic E-state index is 11.7. The molecule has 1 atom stereocenters. The van der Waals surface area contributed by atoms with Gasteiger partial charge in [-0.05, 0) is 43.5 Å². The number of benzene rings is 2.